The molecule has 0 spiro atoms. The van der Waals surface area contributed by atoms with Crippen LogP contribution in [0.25, 0.3) is 0 Å². The molecular formula is C9H18N2O2. The Kier molecular flexibility index (Phi) is 3.69. The van der Waals surface area contributed by atoms with E-state index in [9.17, 15) is 4.79 Å². The summed E-state index contributed by atoms with van der Waals surface area (Å²) in [5, 5.41) is 0. The van der Waals surface area contributed by atoms with Gasteiger partial charge in [0.1, 0.15) is 0 Å². The summed E-state index contributed by atoms with van der Waals surface area (Å²) in [6.45, 7) is 0.953. The number of nitrogens with two attached hydrogens (primary N) is 2. The molecule has 1 rings (SSSR count). The maximum Gasteiger partial charge on any atom is 0.219 e. The van der Waals surface area contributed by atoms with Crippen LogP contribution < -0.4 is 11.5 Å². The van der Waals surface area contributed by atoms with Gasteiger partial charge < -0.3 is 16.2 Å². The molecule has 1 fully saturated rings. The van der Waals surface area contributed by atoms with Gasteiger partial charge in [-0.3, -0.25) is 4.79 Å². The number of ether oxygens (including phenoxy) is 1. The molecule has 0 aromatic rings. The minimum atomic E-state index is -0.322. The third-order valence-corrected chi connectivity index (χ3v) is 2.48. The van der Waals surface area contributed by atoms with Crippen molar-refractivity contribution in [2.24, 2.45) is 11.5 Å². The van der Waals surface area contributed by atoms with E-state index in [0.29, 0.717) is 13.2 Å². The normalized spacial score (nSPS) is 20.4. The third-order valence-electron chi connectivity index (χ3n) is 2.48. The smallest absolute Gasteiger partial charge is 0.219 e. The average molecular weight is 186 g/mol. The Labute approximate surface area is 78.6 Å². The fourth-order valence-electron chi connectivity index (χ4n) is 1.67. The molecule has 0 unspecified atom stereocenters. The molecule has 4 heteroatoms. The van der Waals surface area contributed by atoms with E-state index in [2.05, 4.69) is 0 Å². The molecule has 1 aliphatic carbocycles. The van der Waals surface area contributed by atoms with Crippen LogP contribution in [-0.2, 0) is 9.53 Å². The first-order valence-electron chi connectivity index (χ1n) is 4.77. The van der Waals surface area contributed by atoms with Gasteiger partial charge in [0.2, 0.25) is 5.91 Å². The molecule has 0 atom stereocenters. The second kappa shape index (κ2) is 4.58. The summed E-state index contributed by atoms with van der Waals surface area (Å²) < 4.78 is 5.31. The number of hydrogen-bond donors (Lipinski definition) is 2. The molecule has 1 aliphatic rings. The molecule has 13 heavy (non-hydrogen) atoms. The van der Waals surface area contributed by atoms with Gasteiger partial charge in [-0.05, 0) is 12.8 Å². The summed E-state index contributed by atoms with van der Waals surface area (Å²) in [5.74, 6) is -0.322. The molecule has 0 bridgehead atoms. The van der Waals surface area contributed by atoms with Crippen LogP contribution >= 0.6 is 0 Å². The molecule has 4 nitrogen and oxygen atoms in total. The number of carbonyl (C=O) groups excluding carboxylic acids is 1. The predicted octanol–water partition coefficient (Wildman–Crippen LogP) is 0.150. The molecule has 0 heterocycles. The van der Waals surface area contributed by atoms with E-state index < -0.39 is 0 Å². The summed E-state index contributed by atoms with van der Waals surface area (Å²) in [6, 6.07) is 0. The lowest BCUT2D eigenvalue weighted by Gasteiger charge is -2.22. The Balaban J connectivity index is 2.07. The second-order valence-corrected chi connectivity index (χ2v) is 3.84. The topological polar surface area (TPSA) is 78.3 Å². The average Bonchev–Trinajstić information content (AvgIpc) is 2.47. The number of rotatable bonds is 5. The van der Waals surface area contributed by atoms with E-state index in [1.807, 2.05) is 0 Å². The van der Waals surface area contributed by atoms with E-state index >= 15 is 0 Å². The minimum absolute atomic E-state index is 0.141. The van der Waals surface area contributed by atoms with Crippen molar-refractivity contribution in [2.45, 2.75) is 37.6 Å². The summed E-state index contributed by atoms with van der Waals surface area (Å²) in [4.78, 5) is 10.4. The molecule has 0 aromatic carbocycles. The highest BCUT2D eigenvalue weighted by Gasteiger charge is 2.29. The molecule has 0 aromatic heterocycles. The maximum absolute atomic E-state index is 10.4. The van der Waals surface area contributed by atoms with E-state index in [1.165, 1.54) is 12.8 Å². The Morgan fingerprint density at radius 3 is 2.54 bits per heavy atom. The van der Waals surface area contributed by atoms with E-state index in [4.69, 9.17) is 16.2 Å². The van der Waals surface area contributed by atoms with Crippen LogP contribution in [0.15, 0.2) is 0 Å². The maximum atomic E-state index is 10.4. The minimum Gasteiger partial charge on any atom is -0.379 e. The molecular weight excluding hydrogens is 168 g/mol. The molecule has 0 saturated heterocycles. The zero-order valence-electron chi connectivity index (χ0n) is 7.92. The van der Waals surface area contributed by atoms with Gasteiger partial charge in [-0.15, -0.1) is 0 Å². The fraction of sp³-hybridized carbons (Fsp3) is 0.889. The van der Waals surface area contributed by atoms with Crippen LogP contribution in [0.5, 0.6) is 0 Å². The second-order valence-electron chi connectivity index (χ2n) is 3.84. The summed E-state index contributed by atoms with van der Waals surface area (Å²) >= 11 is 0. The summed E-state index contributed by atoms with van der Waals surface area (Å²) in [7, 11) is 0. The summed E-state index contributed by atoms with van der Waals surface area (Å²) in [5.41, 5.74) is 10.9. The molecule has 1 amide bonds. The van der Waals surface area contributed by atoms with Crippen LogP contribution in [0, 0.1) is 0 Å². The van der Waals surface area contributed by atoms with Crippen molar-refractivity contribution in [1.82, 2.24) is 0 Å². The van der Waals surface area contributed by atoms with Crippen molar-refractivity contribution >= 4 is 5.91 Å². The Morgan fingerprint density at radius 2 is 2.00 bits per heavy atom. The van der Waals surface area contributed by atoms with E-state index in [-0.39, 0.29) is 17.9 Å². The third kappa shape index (κ3) is 3.74. The largest absolute Gasteiger partial charge is 0.379 e. The van der Waals surface area contributed by atoms with Crippen LogP contribution in [0.4, 0.5) is 0 Å². The first-order chi connectivity index (χ1) is 6.12. The van der Waals surface area contributed by atoms with Crippen molar-refractivity contribution < 1.29 is 9.53 Å². The quantitative estimate of drug-likeness (QED) is 0.600. The summed E-state index contributed by atoms with van der Waals surface area (Å²) in [6.07, 6.45) is 4.73. The molecule has 1 saturated carbocycles. The van der Waals surface area contributed by atoms with Crippen LogP contribution in [0.2, 0.25) is 0 Å². The van der Waals surface area contributed by atoms with Gasteiger partial charge in [0, 0.05) is 12.0 Å². The zero-order valence-corrected chi connectivity index (χ0v) is 7.92. The monoisotopic (exact) mass is 186 g/mol. The van der Waals surface area contributed by atoms with Gasteiger partial charge in [-0.25, -0.2) is 0 Å². The lowest BCUT2D eigenvalue weighted by Crippen LogP contribution is -2.41. The lowest BCUT2D eigenvalue weighted by molar-refractivity contribution is -0.119. The van der Waals surface area contributed by atoms with Crippen LogP contribution in [0.3, 0.4) is 0 Å². The van der Waals surface area contributed by atoms with Gasteiger partial charge in [0.05, 0.1) is 13.2 Å². The predicted molar refractivity (Wildman–Crippen MR) is 50.0 cm³/mol. The Morgan fingerprint density at radius 1 is 1.38 bits per heavy atom. The highest BCUT2D eigenvalue weighted by atomic mass is 16.5. The molecule has 76 valence electrons. The van der Waals surface area contributed by atoms with Crippen molar-refractivity contribution in [1.29, 1.82) is 0 Å². The molecule has 4 N–H and O–H groups in total. The number of carbonyl (C=O) groups is 1. The van der Waals surface area contributed by atoms with Crippen molar-refractivity contribution in [2.75, 3.05) is 13.2 Å². The van der Waals surface area contributed by atoms with Crippen LogP contribution in [0.1, 0.15) is 32.1 Å². The van der Waals surface area contributed by atoms with Gasteiger partial charge in [-0.2, -0.15) is 0 Å². The fourth-order valence-corrected chi connectivity index (χ4v) is 1.67. The SMILES string of the molecule is NC(=O)CCOCC1(N)CCCC1. The zero-order chi connectivity index (χ0) is 9.73. The first-order valence-corrected chi connectivity index (χ1v) is 4.77. The van der Waals surface area contributed by atoms with Gasteiger partial charge in [-0.1, -0.05) is 12.8 Å². The Bertz CT molecular complexity index is 176. The van der Waals surface area contributed by atoms with Crippen LogP contribution in [-0.4, -0.2) is 24.7 Å². The molecule has 0 radical (unpaired) electrons. The van der Waals surface area contributed by atoms with Crippen molar-refractivity contribution in [3.05, 3.63) is 0 Å². The highest BCUT2D eigenvalue weighted by Crippen LogP contribution is 2.27. The Hall–Kier alpha value is -0.610. The highest BCUT2D eigenvalue weighted by molar-refractivity contribution is 5.73. The standard InChI is InChI=1S/C9H18N2O2/c10-8(12)3-6-13-7-9(11)4-1-2-5-9/h1-7,11H2,(H2,10,12). The van der Waals surface area contributed by atoms with E-state index in [1.54, 1.807) is 0 Å². The lowest BCUT2D eigenvalue weighted by atomic mass is 10.0. The van der Waals surface area contributed by atoms with Crippen molar-refractivity contribution in [3.63, 3.8) is 0 Å². The van der Waals surface area contributed by atoms with Crippen molar-refractivity contribution in [3.8, 4) is 0 Å². The molecule has 0 aliphatic heterocycles. The van der Waals surface area contributed by atoms with E-state index in [0.717, 1.165) is 12.8 Å². The van der Waals surface area contributed by atoms with Gasteiger partial charge in [0.15, 0.2) is 0 Å². The van der Waals surface area contributed by atoms with Gasteiger partial charge >= 0.3 is 0 Å². The first kappa shape index (κ1) is 10.5. The number of hydrogen-bond acceptors (Lipinski definition) is 3. The number of primary amides is 1. The number of amides is 1. The van der Waals surface area contributed by atoms with Gasteiger partial charge in [0.25, 0.3) is 0 Å².